The number of ether oxygens (including phenoxy) is 1. The predicted molar refractivity (Wildman–Crippen MR) is 99.3 cm³/mol. The van der Waals surface area contributed by atoms with Crippen LogP contribution in [0, 0.1) is 0 Å². The number of carbonyl (C=O) groups excluding carboxylic acids is 1. The minimum atomic E-state index is 0.0650. The van der Waals surface area contributed by atoms with E-state index in [1.165, 1.54) is 32.1 Å². The molecule has 2 rings (SSSR count). The molecule has 24 heavy (non-hydrogen) atoms. The molecular formula is C22H28O2. The summed E-state index contributed by atoms with van der Waals surface area (Å²) in [6.45, 7) is 3.67. The van der Waals surface area contributed by atoms with Crippen molar-refractivity contribution in [2.75, 3.05) is 6.61 Å². The zero-order valence-corrected chi connectivity index (χ0v) is 14.7. The summed E-state index contributed by atoms with van der Waals surface area (Å²) in [5.74, 6) is 0.0650. The van der Waals surface area contributed by atoms with Crippen molar-refractivity contribution in [1.82, 2.24) is 0 Å². The highest BCUT2D eigenvalue weighted by molar-refractivity contribution is 6.08. The van der Waals surface area contributed by atoms with Gasteiger partial charge in [-0.2, -0.15) is 0 Å². The molecule has 2 heteroatoms. The summed E-state index contributed by atoms with van der Waals surface area (Å²) < 4.78 is 5.73. The minimum absolute atomic E-state index is 0.0650. The van der Waals surface area contributed by atoms with Gasteiger partial charge in [0, 0.05) is 17.7 Å². The summed E-state index contributed by atoms with van der Waals surface area (Å²) in [5.41, 5.74) is 2.57. The fraction of sp³-hybridized carbons (Fsp3) is 0.409. The van der Waals surface area contributed by atoms with Gasteiger partial charge >= 0.3 is 0 Å². The van der Waals surface area contributed by atoms with Crippen LogP contribution in [0.1, 0.15) is 66.9 Å². The molecule has 0 bridgehead atoms. The van der Waals surface area contributed by atoms with Crippen LogP contribution >= 0.6 is 0 Å². The Labute approximate surface area is 145 Å². The molecule has 0 aromatic heterocycles. The number of unbranched alkanes of at least 4 members (excludes halogenated alkanes) is 5. The number of hydrogen-bond acceptors (Lipinski definition) is 2. The van der Waals surface area contributed by atoms with E-state index in [1.807, 2.05) is 54.6 Å². The Bertz CT molecular complexity index is 587. The second-order valence-electron chi connectivity index (χ2n) is 6.21. The maximum Gasteiger partial charge on any atom is 0.193 e. The van der Waals surface area contributed by atoms with Crippen molar-refractivity contribution in [3.8, 4) is 0 Å². The van der Waals surface area contributed by atoms with Crippen molar-refractivity contribution in [2.45, 2.75) is 52.1 Å². The van der Waals surface area contributed by atoms with Crippen LogP contribution in [0.3, 0.4) is 0 Å². The van der Waals surface area contributed by atoms with E-state index in [-0.39, 0.29) is 5.78 Å². The first-order chi connectivity index (χ1) is 11.8. The Hall–Kier alpha value is -1.93. The zero-order valence-electron chi connectivity index (χ0n) is 14.7. The summed E-state index contributed by atoms with van der Waals surface area (Å²) in [4.78, 5) is 12.3. The van der Waals surface area contributed by atoms with Crippen LogP contribution in [0.25, 0.3) is 0 Å². The van der Waals surface area contributed by atoms with E-state index in [4.69, 9.17) is 4.74 Å². The topological polar surface area (TPSA) is 26.3 Å². The van der Waals surface area contributed by atoms with Crippen molar-refractivity contribution >= 4 is 5.78 Å². The molecule has 0 aliphatic heterocycles. The van der Waals surface area contributed by atoms with Gasteiger partial charge in [-0.1, -0.05) is 93.6 Å². The monoisotopic (exact) mass is 324 g/mol. The Balaban J connectivity index is 1.70. The molecule has 0 spiro atoms. The van der Waals surface area contributed by atoms with Crippen LogP contribution in [-0.2, 0) is 11.3 Å². The number of benzene rings is 2. The van der Waals surface area contributed by atoms with E-state index < -0.39 is 0 Å². The van der Waals surface area contributed by atoms with E-state index in [1.54, 1.807) is 0 Å². The first-order valence-electron chi connectivity index (χ1n) is 9.07. The highest BCUT2D eigenvalue weighted by Gasteiger charge is 2.07. The molecule has 2 aromatic rings. The second kappa shape index (κ2) is 10.8. The Morgan fingerprint density at radius 2 is 1.42 bits per heavy atom. The first-order valence-corrected chi connectivity index (χ1v) is 9.07. The molecule has 2 nitrogen and oxygen atoms in total. The normalized spacial score (nSPS) is 10.7. The van der Waals surface area contributed by atoms with E-state index in [2.05, 4.69) is 6.92 Å². The first kappa shape index (κ1) is 18.4. The molecule has 0 saturated heterocycles. The lowest BCUT2D eigenvalue weighted by Crippen LogP contribution is -2.01. The van der Waals surface area contributed by atoms with Crippen LogP contribution in [0.2, 0.25) is 0 Å². The lowest BCUT2D eigenvalue weighted by atomic mass is 10.0. The highest BCUT2D eigenvalue weighted by atomic mass is 16.5. The molecule has 0 aliphatic rings. The van der Waals surface area contributed by atoms with Gasteiger partial charge < -0.3 is 4.74 Å². The molecule has 0 aliphatic carbocycles. The quantitative estimate of drug-likeness (QED) is 0.386. The highest BCUT2D eigenvalue weighted by Crippen LogP contribution is 2.12. The average Bonchev–Trinajstić information content (AvgIpc) is 2.64. The molecule has 0 heterocycles. The molecule has 0 unspecified atom stereocenters. The lowest BCUT2D eigenvalue weighted by Gasteiger charge is -2.06. The van der Waals surface area contributed by atoms with E-state index in [9.17, 15) is 4.79 Å². The standard InChI is InChI=1S/C22H28O2/c1-2-3-4-5-6-10-17-24-18-19-13-15-21(16-14-19)22(23)20-11-8-7-9-12-20/h7-9,11-16H,2-6,10,17-18H2,1H3. The van der Waals surface area contributed by atoms with E-state index in [0.717, 1.165) is 29.7 Å². The number of ketones is 1. The maximum absolute atomic E-state index is 12.3. The predicted octanol–water partition coefficient (Wildman–Crippen LogP) is 5.79. The van der Waals surface area contributed by atoms with Gasteiger partial charge in [0.05, 0.1) is 6.61 Å². The lowest BCUT2D eigenvalue weighted by molar-refractivity contribution is 0.103. The van der Waals surface area contributed by atoms with Crippen LogP contribution < -0.4 is 0 Å². The van der Waals surface area contributed by atoms with Crippen LogP contribution in [0.15, 0.2) is 54.6 Å². The third-order valence-electron chi connectivity index (χ3n) is 4.16. The van der Waals surface area contributed by atoms with Gasteiger partial charge in [-0.05, 0) is 12.0 Å². The van der Waals surface area contributed by atoms with E-state index >= 15 is 0 Å². The van der Waals surface area contributed by atoms with Crippen LogP contribution in [0.4, 0.5) is 0 Å². The van der Waals surface area contributed by atoms with Gasteiger partial charge in [0.15, 0.2) is 5.78 Å². The summed E-state index contributed by atoms with van der Waals surface area (Å²) in [6.07, 6.45) is 7.67. The zero-order chi connectivity index (χ0) is 17.0. The summed E-state index contributed by atoms with van der Waals surface area (Å²) >= 11 is 0. The Kier molecular flexibility index (Phi) is 8.26. The molecule has 2 aromatic carbocycles. The van der Waals surface area contributed by atoms with Crippen molar-refractivity contribution in [3.63, 3.8) is 0 Å². The van der Waals surface area contributed by atoms with Gasteiger partial charge in [-0.15, -0.1) is 0 Å². The van der Waals surface area contributed by atoms with E-state index in [0.29, 0.717) is 6.61 Å². The summed E-state index contributed by atoms with van der Waals surface area (Å²) in [7, 11) is 0. The van der Waals surface area contributed by atoms with Gasteiger partial charge in [0.25, 0.3) is 0 Å². The van der Waals surface area contributed by atoms with Gasteiger partial charge in [-0.3, -0.25) is 4.79 Å². The molecule has 128 valence electrons. The molecule has 0 saturated carbocycles. The Morgan fingerprint density at radius 1 is 0.792 bits per heavy atom. The van der Waals surface area contributed by atoms with Crippen LogP contribution in [0.5, 0.6) is 0 Å². The summed E-state index contributed by atoms with van der Waals surface area (Å²) in [6, 6.07) is 17.1. The largest absolute Gasteiger partial charge is 0.377 e. The third-order valence-corrected chi connectivity index (χ3v) is 4.16. The number of rotatable bonds is 11. The maximum atomic E-state index is 12.3. The van der Waals surface area contributed by atoms with Gasteiger partial charge in [0.2, 0.25) is 0 Å². The minimum Gasteiger partial charge on any atom is -0.377 e. The fourth-order valence-electron chi connectivity index (χ4n) is 2.68. The molecule has 0 fully saturated rings. The molecule has 0 atom stereocenters. The Morgan fingerprint density at radius 3 is 2.12 bits per heavy atom. The second-order valence-corrected chi connectivity index (χ2v) is 6.21. The van der Waals surface area contributed by atoms with Crippen LogP contribution in [-0.4, -0.2) is 12.4 Å². The van der Waals surface area contributed by atoms with Gasteiger partial charge in [0.1, 0.15) is 0 Å². The average molecular weight is 324 g/mol. The smallest absolute Gasteiger partial charge is 0.193 e. The number of carbonyl (C=O) groups is 1. The van der Waals surface area contributed by atoms with Gasteiger partial charge in [-0.25, -0.2) is 0 Å². The van der Waals surface area contributed by atoms with Crippen molar-refractivity contribution in [3.05, 3.63) is 71.3 Å². The number of hydrogen-bond donors (Lipinski definition) is 0. The third kappa shape index (κ3) is 6.29. The molecule has 0 amide bonds. The molecule has 0 N–H and O–H groups in total. The molecular weight excluding hydrogens is 296 g/mol. The van der Waals surface area contributed by atoms with Crippen molar-refractivity contribution in [2.24, 2.45) is 0 Å². The fourth-order valence-corrected chi connectivity index (χ4v) is 2.68. The molecule has 0 radical (unpaired) electrons. The van der Waals surface area contributed by atoms with Crippen molar-refractivity contribution in [1.29, 1.82) is 0 Å². The van der Waals surface area contributed by atoms with Crippen molar-refractivity contribution < 1.29 is 9.53 Å². The summed E-state index contributed by atoms with van der Waals surface area (Å²) in [5, 5.41) is 0. The SMILES string of the molecule is CCCCCCCCOCc1ccc(C(=O)c2ccccc2)cc1.